The van der Waals surface area contributed by atoms with Gasteiger partial charge in [-0.1, -0.05) is 13.3 Å². The zero-order valence-electron chi connectivity index (χ0n) is 11.1. The number of rotatable bonds is 5. The highest BCUT2D eigenvalue weighted by Gasteiger charge is 2.33. The minimum absolute atomic E-state index is 0.0531. The van der Waals surface area contributed by atoms with Gasteiger partial charge in [-0.05, 0) is 12.8 Å². The second kappa shape index (κ2) is 6.23. The van der Waals surface area contributed by atoms with Crippen LogP contribution < -0.4 is 5.32 Å². The Morgan fingerprint density at radius 3 is 2.53 bits per heavy atom. The van der Waals surface area contributed by atoms with Crippen LogP contribution in [0.2, 0.25) is 0 Å². The van der Waals surface area contributed by atoms with Crippen molar-refractivity contribution in [3.05, 3.63) is 0 Å². The van der Waals surface area contributed by atoms with Gasteiger partial charge < -0.3 is 15.3 Å². The average molecular weight is 292 g/mol. The number of amides is 2. The van der Waals surface area contributed by atoms with Crippen molar-refractivity contribution >= 4 is 21.8 Å². The van der Waals surface area contributed by atoms with Crippen LogP contribution in [-0.4, -0.2) is 61.1 Å². The van der Waals surface area contributed by atoms with E-state index >= 15 is 0 Å². The molecule has 2 N–H and O–H groups in total. The van der Waals surface area contributed by atoms with Crippen LogP contribution in [0.25, 0.3) is 0 Å². The SMILES string of the molecule is CCCC(NC(=O)N(C)C1CCS(=O)(=O)C1)C(=O)O. The van der Waals surface area contributed by atoms with Gasteiger partial charge in [0.2, 0.25) is 0 Å². The second-order valence-corrected chi connectivity index (χ2v) is 7.03. The summed E-state index contributed by atoms with van der Waals surface area (Å²) in [5.74, 6) is -1.06. The molecule has 1 aliphatic heterocycles. The number of sulfone groups is 1. The molecule has 0 aromatic carbocycles. The van der Waals surface area contributed by atoms with Crippen LogP contribution in [0.3, 0.4) is 0 Å². The van der Waals surface area contributed by atoms with Crippen LogP contribution in [-0.2, 0) is 14.6 Å². The Bertz CT molecular complexity index is 448. The van der Waals surface area contributed by atoms with Crippen LogP contribution in [0.5, 0.6) is 0 Å². The van der Waals surface area contributed by atoms with E-state index in [1.807, 2.05) is 6.92 Å². The summed E-state index contributed by atoms with van der Waals surface area (Å²) in [7, 11) is -1.58. The Morgan fingerprint density at radius 1 is 1.47 bits per heavy atom. The van der Waals surface area contributed by atoms with E-state index in [1.54, 1.807) is 0 Å². The number of carboxylic acids is 1. The Hall–Kier alpha value is -1.31. The van der Waals surface area contributed by atoms with E-state index in [-0.39, 0.29) is 17.5 Å². The lowest BCUT2D eigenvalue weighted by Crippen LogP contribution is -2.50. The standard InChI is InChI=1S/C11H20N2O5S/c1-3-4-9(10(14)15)12-11(16)13(2)8-5-6-19(17,18)7-8/h8-9H,3-7H2,1-2H3,(H,12,16)(H,14,15). The Labute approximate surface area is 112 Å². The fraction of sp³-hybridized carbons (Fsp3) is 0.818. The molecule has 2 amide bonds. The van der Waals surface area contributed by atoms with Gasteiger partial charge in [-0.15, -0.1) is 0 Å². The molecule has 7 nitrogen and oxygen atoms in total. The summed E-state index contributed by atoms with van der Waals surface area (Å²) in [4.78, 5) is 24.1. The van der Waals surface area contributed by atoms with Crippen molar-refractivity contribution in [1.29, 1.82) is 0 Å². The summed E-state index contributed by atoms with van der Waals surface area (Å²) >= 11 is 0. The lowest BCUT2D eigenvalue weighted by Gasteiger charge is -2.25. The molecule has 8 heteroatoms. The van der Waals surface area contributed by atoms with Gasteiger partial charge in [0, 0.05) is 13.1 Å². The van der Waals surface area contributed by atoms with Gasteiger partial charge in [-0.2, -0.15) is 0 Å². The molecule has 0 radical (unpaired) electrons. The molecule has 2 unspecified atom stereocenters. The molecular weight excluding hydrogens is 272 g/mol. The summed E-state index contributed by atoms with van der Waals surface area (Å²) < 4.78 is 22.7. The number of carboxylic acid groups (broad SMARTS) is 1. The molecule has 0 aliphatic carbocycles. The maximum atomic E-state index is 11.9. The topological polar surface area (TPSA) is 104 Å². The summed E-state index contributed by atoms with van der Waals surface area (Å²) in [6.07, 6.45) is 1.38. The van der Waals surface area contributed by atoms with Crippen LogP contribution >= 0.6 is 0 Å². The first-order chi connectivity index (χ1) is 8.76. The van der Waals surface area contributed by atoms with Crippen molar-refractivity contribution in [2.45, 2.75) is 38.3 Å². The highest BCUT2D eigenvalue weighted by Crippen LogP contribution is 2.16. The first-order valence-corrected chi connectivity index (χ1v) is 8.05. The van der Waals surface area contributed by atoms with Crippen molar-refractivity contribution < 1.29 is 23.1 Å². The van der Waals surface area contributed by atoms with Crippen LogP contribution in [0.1, 0.15) is 26.2 Å². The van der Waals surface area contributed by atoms with Gasteiger partial charge in [0.05, 0.1) is 11.5 Å². The molecule has 0 saturated carbocycles. The van der Waals surface area contributed by atoms with Crippen molar-refractivity contribution in [1.82, 2.24) is 10.2 Å². The third-order valence-electron chi connectivity index (χ3n) is 3.25. The Kier molecular flexibility index (Phi) is 5.16. The lowest BCUT2D eigenvalue weighted by molar-refractivity contribution is -0.139. The third-order valence-corrected chi connectivity index (χ3v) is 5.00. The number of nitrogens with one attached hydrogen (secondary N) is 1. The quantitative estimate of drug-likeness (QED) is 0.746. The largest absolute Gasteiger partial charge is 0.480 e. The smallest absolute Gasteiger partial charge is 0.326 e. The van der Waals surface area contributed by atoms with E-state index in [0.717, 1.165) is 0 Å². The summed E-state index contributed by atoms with van der Waals surface area (Å²) in [6.45, 7) is 1.83. The fourth-order valence-corrected chi connectivity index (χ4v) is 3.82. The highest BCUT2D eigenvalue weighted by atomic mass is 32.2. The number of nitrogens with zero attached hydrogens (tertiary/aromatic N) is 1. The minimum atomic E-state index is -3.07. The Balaban J connectivity index is 2.60. The zero-order valence-corrected chi connectivity index (χ0v) is 11.9. The zero-order chi connectivity index (χ0) is 14.6. The van der Waals surface area contributed by atoms with E-state index in [2.05, 4.69) is 5.32 Å². The molecular formula is C11H20N2O5S. The fourth-order valence-electron chi connectivity index (χ4n) is 2.04. The van der Waals surface area contributed by atoms with Gasteiger partial charge in [0.15, 0.2) is 9.84 Å². The molecule has 19 heavy (non-hydrogen) atoms. The molecule has 1 rings (SSSR count). The first-order valence-electron chi connectivity index (χ1n) is 6.23. The predicted octanol–water partition coefficient (Wildman–Crippen LogP) is 0.0682. The van der Waals surface area contributed by atoms with E-state index in [9.17, 15) is 18.0 Å². The van der Waals surface area contributed by atoms with E-state index in [0.29, 0.717) is 19.3 Å². The van der Waals surface area contributed by atoms with E-state index in [4.69, 9.17) is 5.11 Å². The molecule has 0 aromatic heterocycles. The van der Waals surface area contributed by atoms with E-state index < -0.39 is 27.9 Å². The minimum Gasteiger partial charge on any atom is -0.480 e. The summed E-state index contributed by atoms with van der Waals surface area (Å²) in [5.41, 5.74) is 0. The maximum Gasteiger partial charge on any atom is 0.326 e. The maximum absolute atomic E-state index is 11.9. The molecule has 0 spiro atoms. The van der Waals surface area contributed by atoms with Crippen molar-refractivity contribution in [3.8, 4) is 0 Å². The molecule has 1 fully saturated rings. The second-order valence-electron chi connectivity index (χ2n) is 4.80. The summed E-state index contributed by atoms with van der Waals surface area (Å²) in [5, 5.41) is 11.4. The molecule has 0 aromatic rings. The van der Waals surface area contributed by atoms with Crippen LogP contribution in [0.15, 0.2) is 0 Å². The predicted molar refractivity (Wildman–Crippen MR) is 69.7 cm³/mol. The first kappa shape index (κ1) is 15.7. The van der Waals surface area contributed by atoms with Crippen LogP contribution in [0.4, 0.5) is 4.79 Å². The van der Waals surface area contributed by atoms with Gasteiger partial charge in [-0.3, -0.25) is 0 Å². The lowest BCUT2D eigenvalue weighted by atomic mass is 10.2. The van der Waals surface area contributed by atoms with Crippen molar-refractivity contribution in [3.63, 3.8) is 0 Å². The number of carbonyl (C=O) groups is 2. The number of aliphatic carboxylic acids is 1. The number of hydrogen-bond donors (Lipinski definition) is 2. The van der Waals surface area contributed by atoms with Crippen molar-refractivity contribution in [2.75, 3.05) is 18.6 Å². The number of hydrogen-bond acceptors (Lipinski definition) is 4. The molecule has 110 valence electrons. The Morgan fingerprint density at radius 2 is 2.11 bits per heavy atom. The van der Waals surface area contributed by atoms with Crippen molar-refractivity contribution in [2.24, 2.45) is 0 Å². The molecule has 1 aliphatic rings. The van der Waals surface area contributed by atoms with E-state index in [1.165, 1.54) is 11.9 Å². The van der Waals surface area contributed by atoms with Gasteiger partial charge in [0.25, 0.3) is 0 Å². The monoisotopic (exact) mass is 292 g/mol. The normalized spacial score (nSPS) is 22.7. The average Bonchev–Trinajstić information content (AvgIpc) is 2.67. The van der Waals surface area contributed by atoms with Gasteiger partial charge in [-0.25, -0.2) is 18.0 Å². The molecule has 1 heterocycles. The van der Waals surface area contributed by atoms with Crippen LogP contribution in [0, 0.1) is 0 Å². The van der Waals surface area contributed by atoms with Gasteiger partial charge >= 0.3 is 12.0 Å². The molecule has 0 bridgehead atoms. The van der Waals surface area contributed by atoms with Gasteiger partial charge in [0.1, 0.15) is 6.04 Å². The third kappa shape index (κ3) is 4.38. The number of urea groups is 1. The highest BCUT2D eigenvalue weighted by molar-refractivity contribution is 7.91. The molecule has 1 saturated heterocycles. The molecule has 2 atom stereocenters. The number of carbonyl (C=O) groups excluding carboxylic acids is 1. The summed E-state index contributed by atoms with van der Waals surface area (Å²) in [6, 6.07) is -1.85.